The fourth-order valence-corrected chi connectivity index (χ4v) is 2.97. The van der Waals surface area contributed by atoms with Crippen LogP contribution in [0.2, 0.25) is 0 Å². The van der Waals surface area contributed by atoms with Gasteiger partial charge in [0.2, 0.25) is 11.6 Å². The number of hydrogen-bond donors (Lipinski definition) is 1. The summed E-state index contributed by atoms with van der Waals surface area (Å²) in [5, 5.41) is 2.53. The van der Waals surface area contributed by atoms with Gasteiger partial charge in [0, 0.05) is 19.8 Å². The summed E-state index contributed by atoms with van der Waals surface area (Å²) in [5.41, 5.74) is 0.510. The Morgan fingerprint density at radius 2 is 1.88 bits per heavy atom. The molecule has 0 aliphatic rings. The Balaban J connectivity index is 2.98. The molecule has 6 nitrogen and oxygen atoms in total. The average Bonchev–Trinajstić information content (AvgIpc) is 2.58. The number of carbonyl (C=O) groups excluding carboxylic acids is 3. The number of methoxy groups -OCH3 is 2. The van der Waals surface area contributed by atoms with Crippen LogP contribution in [0.4, 0.5) is 0 Å². The van der Waals surface area contributed by atoms with Gasteiger partial charge in [-0.3, -0.25) is 9.59 Å². The summed E-state index contributed by atoms with van der Waals surface area (Å²) in [6.45, 7) is 4.86. The summed E-state index contributed by atoms with van der Waals surface area (Å²) in [6.07, 6.45) is 0.458. The molecule has 1 amide bonds. The maximum Gasteiger partial charge on any atom is 0.359 e. The van der Waals surface area contributed by atoms with Crippen molar-refractivity contribution < 1.29 is 23.9 Å². The molecule has 0 saturated heterocycles. The normalized spacial score (nSPS) is 14.3. The van der Waals surface area contributed by atoms with Gasteiger partial charge in [0.05, 0.1) is 13.0 Å². The van der Waals surface area contributed by atoms with E-state index in [4.69, 9.17) is 4.74 Å². The molecule has 0 fully saturated rings. The predicted molar refractivity (Wildman–Crippen MR) is 97.1 cm³/mol. The van der Waals surface area contributed by atoms with Crippen molar-refractivity contribution in [1.82, 2.24) is 5.32 Å². The molecule has 0 aliphatic carbocycles. The highest BCUT2D eigenvalue weighted by Crippen LogP contribution is 2.20. The van der Waals surface area contributed by atoms with Gasteiger partial charge >= 0.3 is 5.97 Å². The van der Waals surface area contributed by atoms with Crippen LogP contribution in [0, 0.1) is 12.8 Å². The van der Waals surface area contributed by atoms with Crippen molar-refractivity contribution >= 4 is 28.8 Å². The van der Waals surface area contributed by atoms with E-state index in [2.05, 4.69) is 10.1 Å². The molecule has 0 spiro atoms. The smallest absolute Gasteiger partial charge is 0.359 e. The maximum atomic E-state index is 12.7. The van der Waals surface area contributed by atoms with E-state index in [1.54, 1.807) is 0 Å². The molecule has 0 bridgehead atoms. The van der Waals surface area contributed by atoms with Crippen LogP contribution in [0.15, 0.2) is 24.3 Å². The fourth-order valence-electron chi connectivity index (χ4n) is 2.27. The van der Waals surface area contributed by atoms with E-state index >= 15 is 0 Å². The Hall–Kier alpha value is -1.86. The molecule has 138 valence electrons. The average molecular weight is 367 g/mol. The molecule has 2 atom stereocenters. The topological polar surface area (TPSA) is 81.7 Å². The van der Waals surface area contributed by atoms with Crippen molar-refractivity contribution in [2.24, 2.45) is 5.92 Å². The van der Waals surface area contributed by atoms with Crippen molar-refractivity contribution in [2.75, 3.05) is 20.0 Å². The molecule has 0 aromatic heterocycles. The Morgan fingerprint density at radius 3 is 2.40 bits per heavy atom. The number of rotatable bonds is 8. The second-order valence-corrected chi connectivity index (χ2v) is 7.05. The minimum atomic E-state index is -1.57. The van der Waals surface area contributed by atoms with Gasteiger partial charge < -0.3 is 14.8 Å². The summed E-state index contributed by atoms with van der Waals surface area (Å²) in [5.74, 6) is -1.24. The largest absolute Gasteiger partial charge is 0.465 e. The standard InChI is InChI=1S/C18H25NO5S/c1-12-8-6-7-9-14(12)10-15(11-25-13(2)20)16(21)19-18(3,24-5)17(22)23-4/h6-9,15H,10-11H2,1-5H3,(H,19,21)/t15-,18+/m1/s1. The first-order chi connectivity index (χ1) is 11.7. The molecular formula is C18H25NO5S. The number of thioether (sulfide) groups is 1. The fraction of sp³-hybridized carbons (Fsp3) is 0.500. The van der Waals surface area contributed by atoms with Crippen LogP contribution in [-0.2, 0) is 30.3 Å². The maximum absolute atomic E-state index is 12.7. The van der Waals surface area contributed by atoms with E-state index in [0.29, 0.717) is 12.2 Å². The molecule has 1 N–H and O–H groups in total. The van der Waals surface area contributed by atoms with Crippen LogP contribution in [-0.4, -0.2) is 42.7 Å². The van der Waals surface area contributed by atoms with Crippen molar-refractivity contribution in [3.63, 3.8) is 0 Å². The number of amides is 1. The van der Waals surface area contributed by atoms with Crippen molar-refractivity contribution in [3.8, 4) is 0 Å². The Labute approximate surface area is 152 Å². The van der Waals surface area contributed by atoms with Gasteiger partial charge in [-0.1, -0.05) is 36.0 Å². The molecule has 1 aromatic carbocycles. The number of hydrogen-bond acceptors (Lipinski definition) is 6. The van der Waals surface area contributed by atoms with Crippen LogP contribution >= 0.6 is 11.8 Å². The zero-order valence-corrected chi connectivity index (χ0v) is 16.1. The molecule has 7 heteroatoms. The molecule has 0 radical (unpaired) electrons. The number of carbonyl (C=O) groups is 3. The number of ether oxygens (including phenoxy) is 2. The Morgan fingerprint density at radius 1 is 1.24 bits per heavy atom. The number of esters is 1. The lowest BCUT2D eigenvalue weighted by Gasteiger charge is -2.28. The van der Waals surface area contributed by atoms with Crippen LogP contribution < -0.4 is 5.32 Å². The summed E-state index contributed by atoms with van der Waals surface area (Å²) in [4.78, 5) is 35.9. The lowest BCUT2D eigenvalue weighted by atomic mass is 9.96. The van der Waals surface area contributed by atoms with Gasteiger partial charge in [-0.05, 0) is 31.4 Å². The lowest BCUT2D eigenvalue weighted by Crippen LogP contribution is -2.56. The first-order valence-electron chi connectivity index (χ1n) is 7.87. The molecule has 0 unspecified atom stereocenters. The van der Waals surface area contributed by atoms with Crippen molar-refractivity contribution in [3.05, 3.63) is 35.4 Å². The van der Waals surface area contributed by atoms with Gasteiger partial charge in [0.25, 0.3) is 0 Å². The number of nitrogens with one attached hydrogen (secondary N) is 1. The zero-order valence-electron chi connectivity index (χ0n) is 15.3. The van der Waals surface area contributed by atoms with E-state index in [-0.39, 0.29) is 11.0 Å². The second-order valence-electron chi connectivity index (χ2n) is 5.85. The van der Waals surface area contributed by atoms with E-state index in [1.807, 2.05) is 31.2 Å². The second kappa shape index (κ2) is 9.58. The monoisotopic (exact) mass is 367 g/mol. The van der Waals surface area contributed by atoms with Crippen LogP contribution in [0.25, 0.3) is 0 Å². The van der Waals surface area contributed by atoms with Gasteiger partial charge in [-0.25, -0.2) is 4.79 Å². The van der Waals surface area contributed by atoms with Crippen LogP contribution in [0.1, 0.15) is 25.0 Å². The van der Waals surface area contributed by atoms with E-state index in [0.717, 1.165) is 22.9 Å². The van der Waals surface area contributed by atoms with Crippen LogP contribution in [0.5, 0.6) is 0 Å². The lowest BCUT2D eigenvalue weighted by molar-refractivity contribution is -0.171. The minimum absolute atomic E-state index is 0.0648. The summed E-state index contributed by atoms with van der Waals surface area (Å²) in [7, 11) is 2.54. The Kier molecular flexibility index (Phi) is 8.12. The summed E-state index contributed by atoms with van der Waals surface area (Å²) < 4.78 is 9.82. The van der Waals surface area contributed by atoms with Gasteiger partial charge in [-0.2, -0.15) is 0 Å². The van der Waals surface area contributed by atoms with Crippen LogP contribution in [0.3, 0.4) is 0 Å². The summed E-state index contributed by atoms with van der Waals surface area (Å²) >= 11 is 1.08. The molecule has 1 aromatic rings. The summed E-state index contributed by atoms with van der Waals surface area (Å²) in [6, 6.07) is 7.75. The SMILES string of the molecule is COC(=O)[C@@](C)(NC(=O)[C@@H](CSC(C)=O)Cc1ccccc1C)OC. The van der Waals surface area contributed by atoms with E-state index in [1.165, 1.54) is 28.1 Å². The molecular weight excluding hydrogens is 342 g/mol. The highest BCUT2D eigenvalue weighted by Gasteiger charge is 2.38. The quantitative estimate of drug-likeness (QED) is 0.560. The van der Waals surface area contributed by atoms with E-state index < -0.39 is 17.6 Å². The first-order valence-corrected chi connectivity index (χ1v) is 8.85. The Bertz CT molecular complexity index is 634. The predicted octanol–water partition coefficient (Wildman–Crippen LogP) is 2.09. The first kappa shape index (κ1) is 21.2. The molecule has 1 rings (SSSR count). The molecule has 25 heavy (non-hydrogen) atoms. The highest BCUT2D eigenvalue weighted by molar-refractivity contribution is 8.13. The van der Waals surface area contributed by atoms with Crippen molar-refractivity contribution in [1.29, 1.82) is 0 Å². The minimum Gasteiger partial charge on any atom is -0.465 e. The third-order valence-corrected chi connectivity index (χ3v) is 4.91. The molecule has 0 aliphatic heterocycles. The van der Waals surface area contributed by atoms with Gasteiger partial charge in [-0.15, -0.1) is 0 Å². The van der Waals surface area contributed by atoms with Gasteiger partial charge in [0.15, 0.2) is 5.12 Å². The number of benzene rings is 1. The molecule has 0 heterocycles. The third-order valence-electron chi connectivity index (χ3n) is 3.93. The van der Waals surface area contributed by atoms with Crippen molar-refractivity contribution in [2.45, 2.75) is 32.9 Å². The third kappa shape index (κ3) is 6.17. The number of aryl methyl sites for hydroxylation is 1. The highest BCUT2D eigenvalue weighted by atomic mass is 32.2. The van der Waals surface area contributed by atoms with E-state index in [9.17, 15) is 14.4 Å². The molecule has 0 saturated carbocycles. The zero-order chi connectivity index (χ0) is 19.0. The van der Waals surface area contributed by atoms with Gasteiger partial charge in [0.1, 0.15) is 0 Å².